The van der Waals surface area contributed by atoms with Crippen LogP contribution in [0.1, 0.15) is 23.7 Å². The van der Waals surface area contributed by atoms with E-state index in [9.17, 15) is 4.79 Å². The number of benzene rings is 1. The topological polar surface area (TPSA) is 39.2 Å². The molecule has 0 aliphatic carbocycles. The Bertz CT molecular complexity index is 616. The molecule has 1 heterocycles. The summed E-state index contributed by atoms with van der Waals surface area (Å²) >= 11 is 7.51. The molecule has 3 nitrogen and oxygen atoms in total. The molecule has 0 saturated heterocycles. The fraction of sp³-hybridized carbons (Fsp3) is 0.250. The van der Waals surface area contributed by atoms with Gasteiger partial charge in [0, 0.05) is 11.8 Å². The Morgan fingerprint density at radius 1 is 1.33 bits per heavy atom. The molecule has 0 fully saturated rings. The van der Waals surface area contributed by atoms with Crippen molar-refractivity contribution in [1.82, 2.24) is 4.98 Å². The summed E-state index contributed by atoms with van der Waals surface area (Å²) in [5.74, 6) is 0.812. The van der Waals surface area contributed by atoms with Gasteiger partial charge in [0.15, 0.2) is 5.78 Å². The lowest BCUT2D eigenvalue weighted by atomic mass is 10.1. The van der Waals surface area contributed by atoms with Crippen LogP contribution in [0, 0.1) is 0 Å². The lowest BCUT2D eigenvalue weighted by molar-refractivity contribution is 0.0988. The number of ketones is 1. The zero-order valence-corrected chi connectivity index (χ0v) is 13.4. The molecule has 0 saturated carbocycles. The molecule has 2 aromatic rings. The average molecular weight is 322 g/mol. The Morgan fingerprint density at radius 3 is 2.62 bits per heavy atom. The molecule has 0 N–H and O–H groups in total. The van der Waals surface area contributed by atoms with Gasteiger partial charge in [-0.3, -0.25) is 4.79 Å². The van der Waals surface area contributed by atoms with Gasteiger partial charge in [-0.2, -0.15) is 0 Å². The van der Waals surface area contributed by atoms with Crippen molar-refractivity contribution >= 4 is 29.1 Å². The van der Waals surface area contributed by atoms with Gasteiger partial charge >= 0.3 is 0 Å². The summed E-state index contributed by atoms with van der Waals surface area (Å²) in [6.45, 7) is 1.98. The van der Waals surface area contributed by atoms with Crippen LogP contribution in [0.15, 0.2) is 47.6 Å². The van der Waals surface area contributed by atoms with E-state index in [2.05, 4.69) is 4.98 Å². The second-order valence-electron chi connectivity index (χ2n) is 4.40. The fourth-order valence-corrected chi connectivity index (χ4v) is 3.09. The van der Waals surface area contributed by atoms with E-state index in [1.165, 1.54) is 11.8 Å². The van der Waals surface area contributed by atoms with Crippen molar-refractivity contribution in [1.29, 1.82) is 0 Å². The first-order chi connectivity index (χ1) is 10.2. The van der Waals surface area contributed by atoms with E-state index in [4.69, 9.17) is 16.3 Å². The third-order valence-electron chi connectivity index (χ3n) is 3.02. The van der Waals surface area contributed by atoms with E-state index >= 15 is 0 Å². The van der Waals surface area contributed by atoms with Gasteiger partial charge in [0.25, 0.3) is 0 Å². The Kier molecular flexibility index (Phi) is 5.65. The van der Waals surface area contributed by atoms with E-state index in [1.54, 1.807) is 49.7 Å². The zero-order valence-electron chi connectivity index (χ0n) is 11.9. The molecule has 0 bridgehead atoms. The van der Waals surface area contributed by atoms with Crippen LogP contribution in [0.25, 0.3) is 0 Å². The quantitative estimate of drug-likeness (QED) is 0.580. The number of carbonyl (C=O) groups is 1. The molecule has 1 unspecified atom stereocenters. The van der Waals surface area contributed by atoms with Gasteiger partial charge < -0.3 is 4.74 Å². The highest BCUT2D eigenvalue weighted by molar-refractivity contribution is 8.00. The van der Waals surface area contributed by atoms with Gasteiger partial charge in [0.2, 0.25) is 0 Å². The first kappa shape index (κ1) is 15.9. The lowest BCUT2D eigenvalue weighted by Crippen LogP contribution is -2.16. The molecule has 1 aromatic heterocycles. The molecule has 2 rings (SSSR count). The van der Waals surface area contributed by atoms with E-state index in [1.807, 2.05) is 6.92 Å². The number of carbonyl (C=O) groups excluding carboxylic acids is 1. The van der Waals surface area contributed by atoms with Crippen LogP contribution in [-0.4, -0.2) is 23.1 Å². The van der Waals surface area contributed by atoms with Gasteiger partial charge in [-0.05, 0) is 42.8 Å². The van der Waals surface area contributed by atoms with Gasteiger partial charge in [-0.25, -0.2) is 4.98 Å². The molecule has 0 aliphatic rings. The summed E-state index contributed by atoms with van der Waals surface area (Å²) in [5.41, 5.74) is 0.669. The van der Waals surface area contributed by atoms with Crippen molar-refractivity contribution in [2.75, 3.05) is 7.11 Å². The summed E-state index contributed by atoms with van der Waals surface area (Å²) in [6, 6.07) is 10.7. The number of aromatic nitrogens is 1. The summed E-state index contributed by atoms with van der Waals surface area (Å²) in [4.78, 5) is 16.8. The minimum atomic E-state index is -0.203. The predicted molar refractivity (Wildman–Crippen MR) is 86.5 cm³/mol. The van der Waals surface area contributed by atoms with Crippen molar-refractivity contribution < 1.29 is 9.53 Å². The zero-order chi connectivity index (χ0) is 15.2. The molecular formula is C16H16ClNO2S. The third-order valence-corrected chi connectivity index (χ3v) is 4.81. The number of nitrogens with zero attached hydrogens (tertiary/aromatic N) is 1. The smallest absolute Gasteiger partial charge is 0.176 e. The van der Waals surface area contributed by atoms with Gasteiger partial charge in [0.1, 0.15) is 10.8 Å². The fourth-order valence-electron chi connectivity index (χ4n) is 1.86. The average Bonchev–Trinajstić information content (AvgIpc) is 2.53. The SMILES string of the molecule is CCC(Sc1ncccc1Cl)C(=O)c1ccc(OC)cc1. The van der Waals surface area contributed by atoms with Gasteiger partial charge in [0.05, 0.1) is 17.4 Å². The molecule has 0 radical (unpaired) electrons. The maximum absolute atomic E-state index is 12.6. The van der Waals surface area contributed by atoms with Crippen molar-refractivity contribution in [3.63, 3.8) is 0 Å². The van der Waals surface area contributed by atoms with Crippen LogP contribution in [-0.2, 0) is 0 Å². The number of hydrogen-bond donors (Lipinski definition) is 0. The lowest BCUT2D eigenvalue weighted by Gasteiger charge is -2.14. The monoisotopic (exact) mass is 321 g/mol. The van der Waals surface area contributed by atoms with Crippen molar-refractivity contribution in [2.45, 2.75) is 23.6 Å². The highest BCUT2D eigenvalue weighted by Gasteiger charge is 2.21. The van der Waals surface area contributed by atoms with Crippen LogP contribution >= 0.6 is 23.4 Å². The van der Waals surface area contributed by atoms with Crippen LogP contribution in [0.2, 0.25) is 5.02 Å². The number of halogens is 1. The number of rotatable bonds is 6. The molecule has 1 aromatic carbocycles. The molecular weight excluding hydrogens is 306 g/mol. The maximum Gasteiger partial charge on any atom is 0.176 e. The first-order valence-corrected chi connectivity index (χ1v) is 7.87. The highest BCUT2D eigenvalue weighted by atomic mass is 35.5. The Morgan fingerprint density at radius 2 is 2.05 bits per heavy atom. The maximum atomic E-state index is 12.6. The second kappa shape index (κ2) is 7.48. The van der Waals surface area contributed by atoms with Crippen LogP contribution in [0.5, 0.6) is 5.75 Å². The van der Waals surface area contributed by atoms with E-state index < -0.39 is 0 Å². The van der Waals surface area contributed by atoms with Crippen LogP contribution in [0.4, 0.5) is 0 Å². The molecule has 0 spiro atoms. The van der Waals surface area contributed by atoms with E-state index in [0.29, 0.717) is 22.0 Å². The number of thioether (sulfide) groups is 1. The standard InChI is InChI=1S/C16H16ClNO2S/c1-3-14(21-16-13(17)5-4-10-18-16)15(19)11-6-8-12(20-2)9-7-11/h4-10,14H,3H2,1-2H3. The number of ether oxygens (including phenoxy) is 1. The summed E-state index contributed by atoms with van der Waals surface area (Å²) in [7, 11) is 1.60. The Labute approximate surface area is 133 Å². The van der Waals surface area contributed by atoms with Crippen molar-refractivity contribution in [2.24, 2.45) is 0 Å². The predicted octanol–water partition coefficient (Wildman–Crippen LogP) is 4.50. The molecule has 0 aliphatic heterocycles. The number of pyridine rings is 1. The Balaban J connectivity index is 2.16. The molecule has 110 valence electrons. The molecule has 21 heavy (non-hydrogen) atoms. The van der Waals surface area contributed by atoms with Crippen LogP contribution in [0.3, 0.4) is 0 Å². The Hall–Kier alpha value is -1.52. The van der Waals surface area contributed by atoms with E-state index in [-0.39, 0.29) is 11.0 Å². The molecule has 1 atom stereocenters. The third kappa shape index (κ3) is 3.99. The number of methoxy groups -OCH3 is 1. The second-order valence-corrected chi connectivity index (χ2v) is 6.00. The van der Waals surface area contributed by atoms with Gasteiger partial charge in [-0.15, -0.1) is 0 Å². The highest BCUT2D eigenvalue weighted by Crippen LogP contribution is 2.31. The summed E-state index contributed by atoms with van der Waals surface area (Å²) in [6.07, 6.45) is 2.39. The van der Waals surface area contributed by atoms with Gasteiger partial charge in [-0.1, -0.05) is 30.3 Å². The summed E-state index contributed by atoms with van der Waals surface area (Å²) in [5, 5.41) is 1.06. The minimum absolute atomic E-state index is 0.0758. The number of Topliss-reactive ketones (excluding diaryl/α,β-unsaturated/α-hetero) is 1. The van der Waals surface area contributed by atoms with E-state index in [0.717, 1.165) is 5.75 Å². The largest absolute Gasteiger partial charge is 0.497 e. The van der Waals surface area contributed by atoms with Crippen molar-refractivity contribution in [3.8, 4) is 5.75 Å². The molecule has 0 amide bonds. The summed E-state index contributed by atoms with van der Waals surface area (Å²) < 4.78 is 5.10. The van der Waals surface area contributed by atoms with Crippen LogP contribution < -0.4 is 4.74 Å². The molecule has 5 heteroatoms. The number of hydrogen-bond acceptors (Lipinski definition) is 4. The minimum Gasteiger partial charge on any atom is -0.497 e. The van der Waals surface area contributed by atoms with Crippen molar-refractivity contribution in [3.05, 3.63) is 53.2 Å². The normalized spacial score (nSPS) is 12.0. The first-order valence-electron chi connectivity index (χ1n) is 6.61.